The van der Waals surface area contributed by atoms with E-state index >= 15 is 0 Å². The summed E-state index contributed by atoms with van der Waals surface area (Å²) < 4.78 is 6.58. The largest absolute Gasteiger partial charge is 0.481 e. The molecule has 0 radical (unpaired) electrons. The van der Waals surface area contributed by atoms with Crippen LogP contribution < -0.4 is 10.5 Å². The third kappa shape index (κ3) is 2.24. The third-order valence-corrected chi connectivity index (χ3v) is 2.43. The van der Waals surface area contributed by atoms with E-state index in [2.05, 4.69) is 5.10 Å². The third-order valence-electron chi connectivity index (χ3n) is 2.19. The zero-order chi connectivity index (χ0) is 12.4. The Labute approximate surface area is 103 Å². The number of hydrogen-bond acceptors (Lipinski definition) is 3. The highest BCUT2D eigenvalue weighted by molar-refractivity contribution is 6.30. The standard InChI is InChI=1S/C11H10ClN3O2/c1-17-10-6-9(11(13)16)14-15(10)8-4-2-3-7(12)5-8/h2-6H,1H3,(H2,13,16). The zero-order valence-electron chi connectivity index (χ0n) is 9.05. The molecule has 0 aliphatic rings. The fourth-order valence-electron chi connectivity index (χ4n) is 1.42. The molecule has 0 bridgehead atoms. The first kappa shape index (κ1) is 11.5. The average molecular weight is 252 g/mol. The van der Waals surface area contributed by atoms with Crippen LogP contribution in [0.25, 0.3) is 5.69 Å². The number of halogens is 1. The fraction of sp³-hybridized carbons (Fsp3) is 0.0909. The highest BCUT2D eigenvalue weighted by Crippen LogP contribution is 2.21. The van der Waals surface area contributed by atoms with Gasteiger partial charge in [-0.15, -0.1) is 0 Å². The van der Waals surface area contributed by atoms with Crippen LogP contribution >= 0.6 is 11.6 Å². The lowest BCUT2D eigenvalue weighted by molar-refractivity contribution is 0.0995. The number of primary amides is 1. The first-order valence-electron chi connectivity index (χ1n) is 4.81. The zero-order valence-corrected chi connectivity index (χ0v) is 9.81. The molecule has 0 fully saturated rings. The lowest BCUT2D eigenvalue weighted by Crippen LogP contribution is -2.12. The molecule has 5 nitrogen and oxygen atoms in total. The summed E-state index contributed by atoms with van der Waals surface area (Å²) in [6.45, 7) is 0. The molecule has 0 unspecified atom stereocenters. The van der Waals surface area contributed by atoms with E-state index in [1.807, 2.05) is 0 Å². The van der Waals surface area contributed by atoms with Crippen molar-refractivity contribution in [3.05, 3.63) is 41.0 Å². The number of carbonyl (C=O) groups is 1. The van der Waals surface area contributed by atoms with E-state index in [9.17, 15) is 4.79 Å². The monoisotopic (exact) mass is 251 g/mol. The Bertz CT molecular complexity index is 566. The molecule has 2 rings (SSSR count). The van der Waals surface area contributed by atoms with Crippen molar-refractivity contribution < 1.29 is 9.53 Å². The van der Waals surface area contributed by atoms with Crippen molar-refractivity contribution in [2.45, 2.75) is 0 Å². The van der Waals surface area contributed by atoms with Crippen LogP contribution in [0.5, 0.6) is 5.88 Å². The highest BCUT2D eigenvalue weighted by Gasteiger charge is 2.13. The molecule has 0 saturated heterocycles. The lowest BCUT2D eigenvalue weighted by atomic mass is 10.3. The molecule has 1 amide bonds. The van der Waals surface area contributed by atoms with Gasteiger partial charge in [0.1, 0.15) is 0 Å². The van der Waals surface area contributed by atoms with E-state index in [0.29, 0.717) is 16.6 Å². The van der Waals surface area contributed by atoms with Crippen LogP contribution in [0, 0.1) is 0 Å². The van der Waals surface area contributed by atoms with Gasteiger partial charge in [0.15, 0.2) is 5.69 Å². The van der Waals surface area contributed by atoms with Gasteiger partial charge in [-0.3, -0.25) is 4.79 Å². The van der Waals surface area contributed by atoms with E-state index < -0.39 is 5.91 Å². The van der Waals surface area contributed by atoms with Crippen LogP contribution in [0.3, 0.4) is 0 Å². The summed E-state index contributed by atoms with van der Waals surface area (Å²) in [7, 11) is 1.49. The van der Waals surface area contributed by atoms with Gasteiger partial charge in [0, 0.05) is 11.1 Å². The Hall–Kier alpha value is -2.01. The van der Waals surface area contributed by atoms with Gasteiger partial charge in [-0.25, -0.2) is 4.68 Å². The van der Waals surface area contributed by atoms with Crippen LogP contribution in [0.1, 0.15) is 10.5 Å². The first-order valence-corrected chi connectivity index (χ1v) is 5.19. The number of aromatic nitrogens is 2. The van der Waals surface area contributed by atoms with Gasteiger partial charge >= 0.3 is 0 Å². The van der Waals surface area contributed by atoms with Crippen LogP contribution in [-0.2, 0) is 0 Å². The van der Waals surface area contributed by atoms with Crippen molar-refractivity contribution in [2.75, 3.05) is 7.11 Å². The number of amides is 1. The molecular weight excluding hydrogens is 242 g/mol. The maximum absolute atomic E-state index is 11.0. The van der Waals surface area contributed by atoms with E-state index in [1.165, 1.54) is 17.9 Å². The molecule has 1 heterocycles. The number of hydrogen-bond donors (Lipinski definition) is 1. The molecule has 0 atom stereocenters. The maximum atomic E-state index is 11.0. The van der Waals surface area contributed by atoms with Gasteiger partial charge < -0.3 is 10.5 Å². The molecule has 0 saturated carbocycles. The van der Waals surface area contributed by atoms with E-state index in [-0.39, 0.29) is 5.69 Å². The minimum atomic E-state index is -0.607. The topological polar surface area (TPSA) is 70.1 Å². The highest BCUT2D eigenvalue weighted by atomic mass is 35.5. The van der Waals surface area contributed by atoms with Gasteiger partial charge in [-0.05, 0) is 18.2 Å². The first-order chi connectivity index (χ1) is 8.11. The Morgan fingerprint density at radius 3 is 2.82 bits per heavy atom. The second kappa shape index (κ2) is 4.47. The molecule has 0 aliphatic carbocycles. The predicted molar refractivity (Wildman–Crippen MR) is 63.6 cm³/mol. The van der Waals surface area contributed by atoms with Crippen molar-refractivity contribution in [2.24, 2.45) is 5.73 Å². The molecule has 6 heteroatoms. The Morgan fingerprint density at radius 1 is 1.47 bits per heavy atom. The summed E-state index contributed by atoms with van der Waals surface area (Å²) >= 11 is 5.89. The van der Waals surface area contributed by atoms with Gasteiger partial charge in [0.2, 0.25) is 5.88 Å². The smallest absolute Gasteiger partial charge is 0.269 e. The Kier molecular flexibility index (Phi) is 3.01. The van der Waals surface area contributed by atoms with E-state index in [0.717, 1.165) is 0 Å². The summed E-state index contributed by atoms with van der Waals surface area (Å²) in [6.07, 6.45) is 0. The number of nitrogens with two attached hydrogens (primary N) is 1. The summed E-state index contributed by atoms with van der Waals surface area (Å²) in [5, 5.41) is 4.62. The Morgan fingerprint density at radius 2 is 2.24 bits per heavy atom. The van der Waals surface area contributed by atoms with Gasteiger partial charge in [-0.2, -0.15) is 5.10 Å². The average Bonchev–Trinajstić information content (AvgIpc) is 2.73. The lowest BCUT2D eigenvalue weighted by Gasteiger charge is -2.05. The second-order valence-electron chi connectivity index (χ2n) is 3.33. The number of ether oxygens (including phenoxy) is 1. The maximum Gasteiger partial charge on any atom is 0.269 e. The number of nitrogens with zero attached hydrogens (tertiary/aromatic N) is 2. The predicted octanol–water partition coefficient (Wildman–Crippen LogP) is 1.63. The molecule has 2 aromatic rings. The van der Waals surface area contributed by atoms with Gasteiger partial charge in [0.05, 0.1) is 12.8 Å². The van der Waals surface area contributed by atoms with Crippen LogP contribution in [0.4, 0.5) is 0 Å². The summed E-state index contributed by atoms with van der Waals surface area (Å²) in [5.74, 6) is -0.190. The number of methoxy groups -OCH3 is 1. The molecule has 0 spiro atoms. The fourth-order valence-corrected chi connectivity index (χ4v) is 1.61. The Balaban J connectivity index is 2.54. The van der Waals surface area contributed by atoms with Gasteiger partial charge in [0.25, 0.3) is 5.91 Å². The van der Waals surface area contributed by atoms with E-state index in [1.54, 1.807) is 24.3 Å². The number of rotatable bonds is 3. The summed E-state index contributed by atoms with van der Waals surface area (Å²) in [6, 6.07) is 8.51. The minimum Gasteiger partial charge on any atom is -0.481 e. The van der Waals surface area contributed by atoms with Crippen molar-refractivity contribution in [3.8, 4) is 11.6 Å². The minimum absolute atomic E-state index is 0.141. The summed E-state index contributed by atoms with van der Waals surface area (Å²) in [5.41, 5.74) is 6.00. The van der Waals surface area contributed by atoms with Crippen molar-refractivity contribution in [1.29, 1.82) is 0 Å². The van der Waals surface area contributed by atoms with Crippen molar-refractivity contribution in [3.63, 3.8) is 0 Å². The van der Waals surface area contributed by atoms with E-state index in [4.69, 9.17) is 22.1 Å². The van der Waals surface area contributed by atoms with Crippen molar-refractivity contribution in [1.82, 2.24) is 9.78 Å². The molecule has 0 aliphatic heterocycles. The van der Waals surface area contributed by atoms with Crippen molar-refractivity contribution >= 4 is 17.5 Å². The molecule has 88 valence electrons. The molecule has 17 heavy (non-hydrogen) atoms. The van der Waals surface area contributed by atoms with Crippen LogP contribution in [0.15, 0.2) is 30.3 Å². The van der Waals surface area contributed by atoms with Gasteiger partial charge in [-0.1, -0.05) is 17.7 Å². The normalized spacial score (nSPS) is 10.2. The molecule has 1 aromatic heterocycles. The van der Waals surface area contributed by atoms with Crippen LogP contribution in [0.2, 0.25) is 5.02 Å². The second-order valence-corrected chi connectivity index (χ2v) is 3.76. The molecular formula is C11H10ClN3O2. The molecule has 1 aromatic carbocycles. The number of benzene rings is 1. The number of carbonyl (C=O) groups excluding carboxylic acids is 1. The SMILES string of the molecule is COc1cc(C(N)=O)nn1-c1cccc(Cl)c1. The van der Waals surface area contributed by atoms with Crippen LogP contribution in [-0.4, -0.2) is 22.8 Å². The quantitative estimate of drug-likeness (QED) is 0.901. The summed E-state index contributed by atoms with van der Waals surface area (Å²) in [4.78, 5) is 11.0. The molecule has 2 N–H and O–H groups in total.